The van der Waals surface area contributed by atoms with Crippen LogP contribution in [0.15, 0.2) is 42.6 Å². The Morgan fingerprint density at radius 1 is 1.22 bits per heavy atom. The quantitative estimate of drug-likeness (QED) is 0.777. The number of Topliss-reactive ketones (excluding diaryl/α,β-unsaturated/α-hetero) is 1. The number of amides is 1. The Morgan fingerprint density at radius 3 is 2.81 bits per heavy atom. The number of carbonyl (C=O) groups is 2. The monoisotopic (exact) mass is 366 g/mol. The lowest BCUT2D eigenvalue weighted by Gasteiger charge is -2.34. The molecule has 1 aliphatic heterocycles. The van der Waals surface area contributed by atoms with Gasteiger partial charge in [-0.2, -0.15) is 0 Å². The van der Waals surface area contributed by atoms with Gasteiger partial charge in [-0.3, -0.25) is 14.6 Å². The fourth-order valence-corrected chi connectivity index (χ4v) is 3.41. The van der Waals surface area contributed by atoms with Gasteiger partial charge in [-0.15, -0.1) is 0 Å². The van der Waals surface area contributed by atoms with Crippen molar-refractivity contribution in [3.8, 4) is 5.75 Å². The molecule has 0 N–H and O–H groups in total. The van der Waals surface area contributed by atoms with Gasteiger partial charge in [0.05, 0.1) is 12.2 Å². The van der Waals surface area contributed by atoms with Crippen LogP contribution >= 0.6 is 0 Å². The average molecular weight is 366 g/mol. The number of hydrogen-bond acceptors (Lipinski definition) is 4. The van der Waals surface area contributed by atoms with Gasteiger partial charge in [0.25, 0.3) is 5.91 Å². The molecule has 1 unspecified atom stereocenters. The molecule has 5 heteroatoms. The number of hydrogen-bond donors (Lipinski definition) is 0. The minimum atomic E-state index is -0.283. The van der Waals surface area contributed by atoms with Gasteiger partial charge < -0.3 is 9.64 Å². The van der Waals surface area contributed by atoms with E-state index in [1.54, 1.807) is 17.2 Å². The molecule has 1 fully saturated rings. The second-order valence-corrected chi connectivity index (χ2v) is 6.95. The third-order valence-electron chi connectivity index (χ3n) is 4.95. The third-order valence-corrected chi connectivity index (χ3v) is 4.95. The number of ether oxygens (including phenoxy) is 1. The predicted octanol–water partition coefficient (Wildman–Crippen LogP) is 3.94. The Bertz CT molecular complexity index is 801. The molecule has 0 aliphatic carbocycles. The largest absolute Gasteiger partial charge is 0.487 e. The van der Waals surface area contributed by atoms with Crippen molar-refractivity contribution in [3.05, 3.63) is 59.4 Å². The molecule has 1 saturated heterocycles. The minimum Gasteiger partial charge on any atom is -0.487 e. The number of nitrogens with zero attached hydrogens (tertiary/aromatic N) is 2. The van der Waals surface area contributed by atoms with Crippen LogP contribution in [-0.4, -0.2) is 34.2 Å². The van der Waals surface area contributed by atoms with Crippen molar-refractivity contribution in [2.45, 2.75) is 52.2 Å². The lowest BCUT2D eigenvalue weighted by molar-refractivity contribution is -0.124. The molecule has 2 heterocycles. The van der Waals surface area contributed by atoms with Gasteiger partial charge >= 0.3 is 0 Å². The first-order valence-electron chi connectivity index (χ1n) is 9.56. The Hall–Kier alpha value is -2.69. The van der Waals surface area contributed by atoms with E-state index in [-0.39, 0.29) is 17.7 Å². The number of carbonyl (C=O) groups excluding carboxylic acids is 2. The van der Waals surface area contributed by atoms with Crippen molar-refractivity contribution in [3.63, 3.8) is 0 Å². The van der Waals surface area contributed by atoms with E-state index in [0.29, 0.717) is 30.9 Å². The summed E-state index contributed by atoms with van der Waals surface area (Å²) in [7, 11) is 0. The van der Waals surface area contributed by atoms with Gasteiger partial charge in [-0.1, -0.05) is 19.1 Å². The second-order valence-electron chi connectivity index (χ2n) is 6.95. The summed E-state index contributed by atoms with van der Waals surface area (Å²) in [6.45, 7) is 4.79. The highest BCUT2D eigenvalue weighted by Gasteiger charge is 2.31. The lowest BCUT2D eigenvalue weighted by Crippen LogP contribution is -2.47. The highest BCUT2D eigenvalue weighted by molar-refractivity contribution is 5.98. The van der Waals surface area contributed by atoms with E-state index in [2.05, 4.69) is 4.98 Å². The summed E-state index contributed by atoms with van der Waals surface area (Å²) in [5.74, 6) is 0.775. The molecule has 1 amide bonds. The maximum Gasteiger partial charge on any atom is 0.254 e. The van der Waals surface area contributed by atoms with E-state index in [4.69, 9.17) is 4.74 Å². The van der Waals surface area contributed by atoms with Gasteiger partial charge in [0, 0.05) is 24.2 Å². The zero-order valence-corrected chi connectivity index (χ0v) is 16.0. The summed E-state index contributed by atoms with van der Waals surface area (Å²) in [5.41, 5.74) is 2.46. The molecule has 0 saturated carbocycles. The number of aryl methyl sites for hydroxylation is 1. The predicted molar refractivity (Wildman–Crippen MR) is 104 cm³/mol. The molecule has 3 rings (SSSR count). The molecular weight excluding hydrogens is 340 g/mol. The van der Waals surface area contributed by atoms with Crippen LogP contribution in [-0.2, 0) is 11.4 Å². The SMILES string of the molecule is CCC(=O)C1CCCCN1C(=O)c1cccc(COc2ccc(C)nc2)c1. The summed E-state index contributed by atoms with van der Waals surface area (Å²) in [6.07, 6.45) is 4.87. The summed E-state index contributed by atoms with van der Waals surface area (Å²) in [5, 5.41) is 0. The van der Waals surface area contributed by atoms with E-state index in [1.165, 1.54) is 0 Å². The van der Waals surface area contributed by atoms with Crippen LogP contribution in [0.3, 0.4) is 0 Å². The van der Waals surface area contributed by atoms with Crippen molar-refractivity contribution >= 4 is 11.7 Å². The average Bonchev–Trinajstić information content (AvgIpc) is 2.72. The molecular formula is C22H26N2O3. The number of ketones is 1. The van der Waals surface area contributed by atoms with Gasteiger partial charge in [-0.25, -0.2) is 0 Å². The summed E-state index contributed by atoms with van der Waals surface area (Å²) in [4.78, 5) is 31.2. The van der Waals surface area contributed by atoms with E-state index in [1.807, 2.05) is 44.2 Å². The van der Waals surface area contributed by atoms with Gasteiger partial charge in [0.1, 0.15) is 12.4 Å². The number of benzene rings is 1. The van der Waals surface area contributed by atoms with Crippen LogP contribution < -0.4 is 4.74 Å². The van der Waals surface area contributed by atoms with Crippen LogP contribution in [0, 0.1) is 6.92 Å². The summed E-state index contributed by atoms with van der Waals surface area (Å²) in [6, 6.07) is 11.0. The minimum absolute atomic E-state index is 0.0691. The molecule has 0 spiro atoms. The Labute approximate surface area is 160 Å². The molecule has 1 atom stereocenters. The van der Waals surface area contributed by atoms with E-state index in [9.17, 15) is 9.59 Å². The van der Waals surface area contributed by atoms with Crippen LogP contribution in [0.5, 0.6) is 5.75 Å². The Balaban J connectivity index is 1.70. The van der Waals surface area contributed by atoms with Gasteiger partial charge in [0.2, 0.25) is 0 Å². The highest BCUT2D eigenvalue weighted by atomic mass is 16.5. The summed E-state index contributed by atoms with van der Waals surface area (Å²) >= 11 is 0. The van der Waals surface area contributed by atoms with Crippen LogP contribution in [0.1, 0.15) is 54.2 Å². The lowest BCUT2D eigenvalue weighted by atomic mass is 9.96. The first-order valence-corrected chi connectivity index (χ1v) is 9.56. The third kappa shape index (κ3) is 4.73. The number of piperidine rings is 1. The normalized spacial score (nSPS) is 16.8. The van der Waals surface area contributed by atoms with E-state index >= 15 is 0 Å². The molecule has 2 aromatic rings. The Morgan fingerprint density at radius 2 is 2.07 bits per heavy atom. The standard InChI is InChI=1S/C22H26N2O3/c1-3-21(25)20-9-4-5-12-24(20)22(26)18-8-6-7-17(13-18)15-27-19-11-10-16(2)23-14-19/h6-8,10-11,13-14,20H,3-5,9,12,15H2,1-2H3. The first kappa shape index (κ1) is 19.1. The zero-order chi connectivity index (χ0) is 19.2. The van der Waals surface area contributed by atoms with Crippen LogP contribution in [0.25, 0.3) is 0 Å². The number of aromatic nitrogens is 1. The van der Waals surface area contributed by atoms with Crippen molar-refractivity contribution < 1.29 is 14.3 Å². The highest BCUT2D eigenvalue weighted by Crippen LogP contribution is 2.22. The van der Waals surface area contributed by atoms with Crippen LogP contribution in [0.2, 0.25) is 0 Å². The molecule has 27 heavy (non-hydrogen) atoms. The van der Waals surface area contributed by atoms with Crippen molar-refractivity contribution in [1.82, 2.24) is 9.88 Å². The molecule has 1 aliphatic rings. The van der Waals surface area contributed by atoms with Crippen LogP contribution in [0.4, 0.5) is 0 Å². The topological polar surface area (TPSA) is 59.5 Å². The van der Waals surface area contributed by atoms with E-state index in [0.717, 1.165) is 30.5 Å². The zero-order valence-electron chi connectivity index (χ0n) is 16.0. The molecule has 142 valence electrons. The molecule has 0 bridgehead atoms. The van der Waals surface area contributed by atoms with Gasteiger partial charge in [0.15, 0.2) is 5.78 Å². The molecule has 5 nitrogen and oxygen atoms in total. The summed E-state index contributed by atoms with van der Waals surface area (Å²) < 4.78 is 5.76. The van der Waals surface area contributed by atoms with Crippen molar-refractivity contribution in [1.29, 1.82) is 0 Å². The first-order chi connectivity index (χ1) is 13.1. The Kier molecular flexibility index (Phi) is 6.22. The fourth-order valence-electron chi connectivity index (χ4n) is 3.41. The fraction of sp³-hybridized carbons (Fsp3) is 0.409. The van der Waals surface area contributed by atoms with Gasteiger partial charge in [-0.05, 0) is 56.0 Å². The number of rotatable bonds is 6. The number of pyridine rings is 1. The molecule has 1 aromatic heterocycles. The van der Waals surface area contributed by atoms with Crippen molar-refractivity contribution in [2.75, 3.05) is 6.54 Å². The second kappa shape index (κ2) is 8.80. The van der Waals surface area contributed by atoms with E-state index < -0.39 is 0 Å². The molecule has 1 aromatic carbocycles. The molecule has 0 radical (unpaired) electrons. The maximum atomic E-state index is 13.0. The smallest absolute Gasteiger partial charge is 0.254 e. The van der Waals surface area contributed by atoms with Crippen molar-refractivity contribution in [2.24, 2.45) is 0 Å². The maximum absolute atomic E-state index is 13.0. The number of likely N-dealkylation sites (tertiary alicyclic amines) is 1.